The van der Waals surface area contributed by atoms with E-state index in [1.165, 1.54) is 23.1 Å². The van der Waals surface area contributed by atoms with E-state index in [0.717, 1.165) is 4.34 Å². The summed E-state index contributed by atoms with van der Waals surface area (Å²) in [7, 11) is 0. The van der Waals surface area contributed by atoms with Crippen molar-refractivity contribution >= 4 is 23.1 Å². The molecule has 0 spiro atoms. The van der Waals surface area contributed by atoms with Crippen molar-refractivity contribution in [1.29, 1.82) is 0 Å². The van der Waals surface area contributed by atoms with Gasteiger partial charge in [0.05, 0.1) is 11.7 Å². The highest BCUT2D eigenvalue weighted by Gasteiger charge is 2.15. The molecule has 0 unspecified atom stereocenters. The van der Waals surface area contributed by atoms with Crippen LogP contribution >= 0.6 is 23.1 Å². The van der Waals surface area contributed by atoms with Crippen LogP contribution < -0.4 is 4.74 Å². The van der Waals surface area contributed by atoms with Crippen LogP contribution in [-0.2, 0) is 0 Å². The van der Waals surface area contributed by atoms with E-state index in [0.29, 0.717) is 10.9 Å². The molecule has 1 N–H and O–H groups in total. The van der Waals surface area contributed by atoms with Gasteiger partial charge in [-0.05, 0) is 39.0 Å². The molecule has 0 saturated heterocycles. The summed E-state index contributed by atoms with van der Waals surface area (Å²) in [6.07, 6.45) is 0.116. The molecular formula is C9H16N2O2S2. The highest BCUT2D eigenvalue weighted by Crippen LogP contribution is 2.29. The molecule has 15 heavy (non-hydrogen) atoms. The SMILES string of the molecule is CC(C)Oc1nnc(SCC(C)(C)O)s1. The van der Waals surface area contributed by atoms with Crippen molar-refractivity contribution in [3.63, 3.8) is 0 Å². The number of aliphatic hydroxyl groups is 1. The molecule has 1 aromatic rings. The summed E-state index contributed by atoms with van der Waals surface area (Å²) >= 11 is 2.90. The molecule has 6 heteroatoms. The van der Waals surface area contributed by atoms with E-state index in [9.17, 15) is 5.11 Å². The Balaban J connectivity index is 2.46. The number of aromatic nitrogens is 2. The van der Waals surface area contributed by atoms with Crippen molar-refractivity contribution < 1.29 is 9.84 Å². The Morgan fingerprint density at radius 1 is 1.47 bits per heavy atom. The van der Waals surface area contributed by atoms with Crippen molar-refractivity contribution in [2.45, 2.75) is 43.7 Å². The summed E-state index contributed by atoms with van der Waals surface area (Å²) in [5, 5.41) is 18.0. The first-order chi connectivity index (χ1) is 6.87. The van der Waals surface area contributed by atoms with E-state index < -0.39 is 5.60 Å². The Morgan fingerprint density at radius 3 is 2.67 bits per heavy atom. The molecule has 1 aromatic heterocycles. The van der Waals surface area contributed by atoms with Gasteiger partial charge < -0.3 is 9.84 Å². The highest BCUT2D eigenvalue weighted by molar-refractivity contribution is 8.01. The molecule has 4 nitrogen and oxygen atoms in total. The van der Waals surface area contributed by atoms with Crippen molar-refractivity contribution in [3.8, 4) is 5.19 Å². The summed E-state index contributed by atoms with van der Waals surface area (Å²) < 4.78 is 6.22. The lowest BCUT2D eigenvalue weighted by Crippen LogP contribution is -2.21. The van der Waals surface area contributed by atoms with Gasteiger partial charge in [-0.15, -0.1) is 5.10 Å². The average molecular weight is 248 g/mol. The lowest BCUT2D eigenvalue weighted by Gasteiger charge is -2.14. The molecule has 0 aliphatic heterocycles. The van der Waals surface area contributed by atoms with Gasteiger partial charge in [0.25, 0.3) is 5.19 Å². The Kier molecular flexibility index (Phi) is 4.36. The predicted molar refractivity (Wildman–Crippen MR) is 62.7 cm³/mol. The zero-order chi connectivity index (χ0) is 11.5. The third-order valence-corrected chi connectivity index (χ3v) is 3.67. The van der Waals surface area contributed by atoms with E-state index in [1.54, 1.807) is 13.8 Å². The second kappa shape index (κ2) is 5.14. The lowest BCUT2D eigenvalue weighted by atomic mass is 10.2. The number of ether oxygens (including phenoxy) is 1. The van der Waals surface area contributed by atoms with Crippen LogP contribution in [0.5, 0.6) is 5.19 Å². The molecule has 0 radical (unpaired) electrons. The maximum Gasteiger partial charge on any atom is 0.295 e. The standard InChI is InChI=1S/C9H16N2O2S2/c1-6(2)13-7-10-11-8(15-7)14-5-9(3,4)12/h6,12H,5H2,1-4H3. The fourth-order valence-corrected chi connectivity index (χ4v) is 2.50. The Hall–Kier alpha value is -0.330. The van der Waals surface area contributed by atoms with Gasteiger partial charge >= 0.3 is 0 Å². The molecule has 0 aliphatic rings. The van der Waals surface area contributed by atoms with Gasteiger partial charge in [-0.1, -0.05) is 16.9 Å². The number of thioether (sulfide) groups is 1. The van der Waals surface area contributed by atoms with Gasteiger partial charge in [0, 0.05) is 5.75 Å². The van der Waals surface area contributed by atoms with Crippen LogP contribution in [0.15, 0.2) is 4.34 Å². The van der Waals surface area contributed by atoms with Crippen molar-refractivity contribution in [1.82, 2.24) is 10.2 Å². The molecule has 0 aromatic carbocycles. The number of rotatable bonds is 5. The van der Waals surface area contributed by atoms with Crippen LogP contribution in [0, 0.1) is 0 Å². The molecule has 0 saturated carbocycles. The van der Waals surface area contributed by atoms with E-state index >= 15 is 0 Å². The summed E-state index contributed by atoms with van der Waals surface area (Å²) in [5.41, 5.74) is -0.685. The molecule has 0 bridgehead atoms. The minimum Gasteiger partial charge on any atom is -0.466 e. The summed E-state index contributed by atoms with van der Waals surface area (Å²) in [5.74, 6) is 0.601. The molecule has 86 valence electrons. The highest BCUT2D eigenvalue weighted by atomic mass is 32.2. The van der Waals surface area contributed by atoms with Gasteiger partial charge in [-0.25, -0.2) is 0 Å². The lowest BCUT2D eigenvalue weighted by molar-refractivity contribution is 0.107. The fraction of sp³-hybridized carbons (Fsp3) is 0.778. The minimum absolute atomic E-state index is 0.116. The van der Waals surface area contributed by atoms with Crippen LogP contribution in [0.2, 0.25) is 0 Å². The average Bonchev–Trinajstić information content (AvgIpc) is 2.46. The quantitative estimate of drug-likeness (QED) is 0.809. The molecular weight excluding hydrogens is 232 g/mol. The first-order valence-corrected chi connectivity index (χ1v) is 6.52. The van der Waals surface area contributed by atoms with Crippen molar-refractivity contribution in [2.75, 3.05) is 5.75 Å². The molecule has 1 heterocycles. The monoisotopic (exact) mass is 248 g/mol. The maximum atomic E-state index is 9.54. The van der Waals surface area contributed by atoms with E-state index in [4.69, 9.17) is 4.74 Å². The van der Waals surface area contributed by atoms with Crippen molar-refractivity contribution in [3.05, 3.63) is 0 Å². The fourth-order valence-electron chi connectivity index (χ4n) is 0.743. The molecule has 1 rings (SSSR count). The molecule has 0 amide bonds. The smallest absolute Gasteiger partial charge is 0.295 e. The van der Waals surface area contributed by atoms with Crippen LogP contribution in [0.4, 0.5) is 0 Å². The first-order valence-electron chi connectivity index (χ1n) is 4.72. The van der Waals surface area contributed by atoms with E-state index in [-0.39, 0.29) is 6.10 Å². The van der Waals surface area contributed by atoms with Crippen LogP contribution in [0.3, 0.4) is 0 Å². The van der Waals surface area contributed by atoms with Gasteiger partial charge in [0.2, 0.25) is 0 Å². The maximum absolute atomic E-state index is 9.54. The zero-order valence-electron chi connectivity index (χ0n) is 9.35. The first kappa shape index (κ1) is 12.7. The van der Waals surface area contributed by atoms with Crippen LogP contribution in [0.25, 0.3) is 0 Å². The second-order valence-electron chi connectivity index (χ2n) is 4.10. The zero-order valence-corrected chi connectivity index (χ0v) is 11.0. The molecule has 0 atom stereocenters. The Morgan fingerprint density at radius 2 is 2.13 bits per heavy atom. The topological polar surface area (TPSA) is 55.2 Å². The van der Waals surface area contributed by atoms with Crippen molar-refractivity contribution in [2.24, 2.45) is 0 Å². The Labute approximate surface area is 98.1 Å². The second-order valence-corrected chi connectivity index (χ2v) is 6.26. The predicted octanol–water partition coefficient (Wildman–Crippen LogP) is 2.19. The van der Waals surface area contributed by atoms with E-state index in [1.807, 2.05) is 13.8 Å². The van der Waals surface area contributed by atoms with E-state index in [2.05, 4.69) is 10.2 Å². The summed E-state index contributed by atoms with van der Waals surface area (Å²) in [6.45, 7) is 7.44. The van der Waals surface area contributed by atoms with Crippen LogP contribution in [-0.4, -0.2) is 32.8 Å². The van der Waals surface area contributed by atoms with Crippen LogP contribution in [0.1, 0.15) is 27.7 Å². The summed E-state index contributed by atoms with van der Waals surface area (Å²) in [4.78, 5) is 0. The van der Waals surface area contributed by atoms with Gasteiger partial charge in [0.1, 0.15) is 0 Å². The minimum atomic E-state index is -0.685. The number of hydrogen-bond donors (Lipinski definition) is 1. The molecule has 0 fully saturated rings. The molecule has 0 aliphatic carbocycles. The summed E-state index contributed by atoms with van der Waals surface area (Å²) in [6, 6.07) is 0. The number of hydrogen-bond acceptors (Lipinski definition) is 6. The normalized spacial score (nSPS) is 12.1. The third-order valence-electron chi connectivity index (χ3n) is 1.27. The Bertz CT molecular complexity index is 307. The van der Waals surface area contributed by atoms with Gasteiger partial charge in [-0.2, -0.15) is 0 Å². The number of nitrogens with zero attached hydrogens (tertiary/aromatic N) is 2. The third kappa shape index (κ3) is 5.34. The van der Waals surface area contributed by atoms with Gasteiger partial charge in [0.15, 0.2) is 4.34 Å². The largest absolute Gasteiger partial charge is 0.466 e. The van der Waals surface area contributed by atoms with Gasteiger partial charge in [-0.3, -0.25) is 0 Å².